The standard InChI is InChI=1S/C17H35N3/c1-4-6-16(7-5-2)19-10-8-17(9-11-19)20-14-12-18(3)13-15-20/h16-17H,4-15H2,1-3H3. The van der Waals surface area contributed by atoms with Crippen molar-refractivity contribution in [2.24, 2.45) is 0 Å². The molecule has 0 radical (unpaired) electrons. The highest BCUT2D eigenvalue weighted by atomic mass is 15.3. The molecule has 0 atom stereocenters. The third kappa shape index (κ3) is 4.44. The first-order valence-corrected chi connectivity index (χ1v) is 8.91. The molecular weight excluding hydrogens is 246 g/mol. The lowest BCUT2D eigenvalue weighted by Gasteiger charge is -2.44. The van der Waals surface area contributed by atoms with Crippen molar-refractivity contribution >= 4 is 0 Å². The molecule has 0 spiro atoms. The van der Waals surface area contributed by atoms with Crippen molar-refractivity contribution in [2.45, 2.75) is 64.5 Å². The van der Waals surface area contributed by atoms with E-state index < -0.39 is 0 Å². The minimum Gasteiger partial charge on any atom is -0.304 e. The van der Waals surface area contributed by atoms with Gasteiger partial charge < -0.3 is 9.80 Å². The van der Waals surface area contributed by atoms with Gasteiger partial charge >= 0.3 is 0 Å². The molecule has 2 heterocycles. The van der Waals surface area contributed by atoms with Crippen LogP contribution >= 0.6 is 0 Å². The number of rotatable bonds is 6. The quantitative estimate of drug-likeness (QED) is 0.741. The minimum atomic E-state index is 0.860. The summed E-state index contributed by atoms with van der Waals surface area (Å²) in [5.41, 5.74) is 0. The Morgan fingerprint density at radius 2 is 1.40 bits per heavy atom. The molecule has 0 aromatic carbocycles. The van der Waals surface area contributed by atoms with Crippen molar-refractivity contribution in [3.63, 3.8) is 0 Å². The Bertz CT molecular complexity index is 247. The van der Waals surface area contributed by atoms with E-state index in [0.29, 0.717) is 0 Å². The van der Waals surface area contributed by atoms with Crippen LogP contribution in [0.25, 0.3) is 0 Å². The summed E-state index contributed by atoms with van der Waals surface area (Å²) < 4.78 is 0. The summed E-state index contributed by atoms with van der Waals surface area (Å²) in [6.45, 7) is 12.4. The predicted octanol–water partition coefficient (Wildman–Crippen LogP) is 2.67. The van der Waals surface area contributed by atoms with Crippen LogP contribution in [0, 0.1) is 0 Å². The van der Waals surface area contributed by atoms with Crippen molar-refractivity contribution in [3.8, 4) is 0 Å². The molecule has 0 unspecified atom stereocenters. The zero-order chi connectivity index (χ0) is 14.4. The lowest BCUT2D eigenvalue weighted by Crippen LogP contribution is -2.53. The predicted molar refractivity (Wildman–Crippen MR) is 87.3 cm³/mol. The van der Waals surface area contributed by atoms with Crippen LogP contribution in [0.1, 0.15) is 52.4 Å². The highest BCUT2D eigenvalue weighted by Crippen LogP contribution is 2.22. The molecule has 0 aliphatic carbocycles. The number of hydrogen-bond acceptors (Lipinski definition) is 3. The minimum absolute atomic E-state index is 0.860. The summed E-state index contributed by atoms with van der Waals surface area (Å²) in [6.07, 6.45) is 8.26. The van der Waals surface area contributed by atoms with E-state index in [1.54, 1.807) is 0 Å². The van der Waals surface area contributed by atoms with Crippen LogP contribution in [-0.4, -0.2) is 73.1 Å². The maximum atomic E-state index is 2.79. The van der Waals surface area contributed by atoms with Crippen molar-refractivity contribution in [3.05, 3.63) is 0 Å². The highest BCUT2D eigenvalue weighted by Gasteiger charge is 2.28. The number of likely N-dealkylation sites (N-methyl/N-ethyl adjacent to an activating group) is 1. The van der Waals surface area contributed by atoms with E-state index in [4.69, 9.17) is 0 Å². The molecule has 2 aliphatic heterocycles. The van der Waals surface area contributed by atoms with Gasteiger partial charge in [0, 0.05) is 38.3 Å². The molecule has 0 saturated carbocycles. The lowest BCUT2D eigenvalue weighted by molar-refractivity contribution is 0.0506. The smallest absolute Gasteiger partial charge is 0.0121 e. The molecule has 2 saturated heterocycles. The molecule has 20 heavy (non-hydrogen) atoms. The van der Waals surface area contributed by atoms with E-state index in [-0.39, 0.29) is 0 Å². The highest BCUT2D eigenvalue weighted by molar-refractivity contribution is 4.85. The van der Waals surface area contributed by atoms with Gasteiger partial charge in [-0.05, 0) is 45.8 Å². The van der Waals surface area contributed by atoms with Crippen LogP contribution in [0.4, 0.5) is 0 Å². The van der Waals surface area contributed by atoms with Crippen molar-refractivity contribution in [2.75, 3.05) is 46.3 Å². The molecule has 3 heteroatoms. The van der Waals surface area contributed by atoms with Crippen LogP contribution in [0.5, 0.6) is 0 Å². The fourth-order valence-electron chi connectivity index (χ4n) is 3.98. The number of hydrogen-bond donors (Lipinski definition) is 0. The number of nitrogens with zero attached hydrogens (tertiary/aromatic N) is 3. The molecular formula is C17H35N3. The Morgan fingerprint density at radius 3 is 1.90 bits per heavy atom. The SMILES string of the molecule is CCCC(CCC)N1CCC(N2CCN(C)CC2)CC1. The number of likely N-dealkylation sites (tertiary alicyclic amines) is 1. The largest absolute Gasteiger partial charge is 0.304 e. The van der Waals surface area contributed by atoms with Gasteiger partial charge in [-0.1, -0.05) is 26.7 Å². The summed E-state index contributed by atoms with van der Waals surface area (Å²) >= 11 is 0. The van der Waals surface area contributed by atoms with Gasteiger partial charge in [0.15, 0.2) is 0 Å². The maximum Gasteiger partial charge on any atom is 0.0121 e. The Labute approximate surface area is 126 Å². The second kappa shape index (κ2) is 8.35. The van der Waals surface area contributed by atoms with Gasteiger partial charge in [0.25, 0.3) is 0 Å². The molecule has 0 aromatic heterocycles. The molecule has 0 aromatic rings. The van der Waals surface area contributed by atoms with Gasteiger partial charge in [-0.15, -0.1) is 0 Å². The number of piperazine rings is 1. The first kappa shape index (κ1) is 16.3. The fraction of sp³-hybridized carbons (Fsp3) is 1.00. The molecule has 0 N–H and O–H groups in total. The van der Waals surface area contributed by atoms with E-state index in [2.05, 4.69) is 35.6 Å². The molecule has 118 valence electrons. The van der Waals surface area contributed by atoms with Gasteiger partial charge in [-0.25, -0.2) is 0 Å². The summed E-state index contributed by atoms with van der Waals surface area (Å²) in [7, 11) is 2.25. The van der Waals surface area contributed by atoms with E-state index in [1.165, 1.54) is 77.8 Å². The van der Waals surface area contributed by atoms with Crippen LogP contribution in [0.3, 0.4) is 0 Å². The van der Waals surface area contributed by atoms with Crippen LogP contribution in [0.15, 0.2) is 0 Å². The second-order valence-corrected chi connectivity index (χ2v) is 6.84. The summed E-state index contributed by atoms with van der Waals surface area (Å²) in [5.74, 6) is 0. The fourth-order valence-corrected chi connectivity index (χ4v) is 3.98. The molecule has 2 rings (SSSR count). The Kier molecular flexibility index (Phi) is 6.79. The first-order chi connectivity index (χ1) is 9.74. The maximum absolute atomic E-state index is 2.79. The Balaban J connectivity index is 1.76. The summed E-state index contributed by atoms with van der Waals surface area (Å²) in [5, 5.41) is 0. The number of piperidine rings is 1. The monoisotopic (exact) mass is 281 g/mol. The Morgan fingerprint density at radius 1 is 0.850 bits per heavy atom. The van der Waals surface area contributed by atoms with E-state index in [0.717, 1.165) is 12.1 Å². The first-order valence-electron chi connectivity index (χ1n) is 8.91. The third-order valence-corrected chi connectivity index (χ3v) is 5.31. The molecule has 2 aliphatic rings. The Hall–Kier alpha value is -0.120. The summed E-state index contributed by atoms with van der Waals surface area (Å²) in [6, 6.07) is 1.72. The van der Waals surface area contributed by atoms with Gasteiger partial charge in [0.05, 0.1) is 0 Å². The zero-order valence-corrected chi connectivity index (χ0v) is 14.0. The van der Waals surface area contributed by atoms with E-state index in [1.807, 2.05) is 0 Å². The second-order valence-electron chi connectivity index (χ2n) is 6.84. The molecule has 3 nitrogen and oxygen atoms in total. The topological polar surface area (TPSA) is 9.72 Å². The molecule has 2 fully saturated rings. The normalized spacial score (nSPS) is 24.6. The average Bonchev–Trinajstić information content (AvgIpc) is 2.48. The van der Waals surface area contributed by atoms with Gasteiger partial charge in [-0.3, -0.25) is 4.90 Å². The van der Waals surface area contributed by atoms with Gasteiger partial charge in [0.2, 0.25) is 0 Å². The average molecular weight is 281 g/mol. The van der Waals surface area contributed by atoms with Crippen molar-refractivity contribution in [1.29, 1.82) is 0 Å². The summed E-state index contributed by atoms with van der Waals surface area (Å²) in [4.78, 5) is 8.01. The van der Waals surface area contributed by atoms with Crippen molar-refractivity contribution in [1.82, 2.24) is 14.7 Å². The third-order valence-electron chi connectivity index (χ3n) is 5.31. The van der Waals surface area contributed by atoms with Crippen LogP contribution < -0.4 is 0 Å². The van der Waals surface area contributed by atoms with Crippen LogP contribution in [0.2, 0.25) is 0 Å². The molecule has 0 amide bonds. The van der Waals surface area contributed by atoms with Crippen LogP contribution in [-0.2, 0) is 0 Å². The lowest BCUT2D eigenvalue weighted by atomic mass is 9.97. The van der Waals surface area contributed by atoms with E-state index >= 15 is 0 Å². The van der Waals surface area contributed by atoms with E-state index in [9.17, 15) is 0 Å². The van der Waals surface area contributed by atoms with Crippen molar-refractivity contribution < 1.29 is 0 Å². The zero-order valence-electron chi connectivity index (χ0n) is 14.0. The van der Waals surface area contributed by atoms with Gasteiger partial charge in [-0.2, -0.15) is 0 Å². The van der Waals surface area contributed by atoms with Gasteiger partial charge in [0.1, 0.15) is 0 Å². The molecule has 0 bridgehead atoms.